The van der Waals surface area contributed by atoms with Gasteiger partial charge in [0.05, 0.1) is 6.20 Å². The van der Waals surface area contributed by atoms with Crippen LogP contribution in [-0.2, 0) is 0 Å². The maximum absolute atomic E-state index is 12.1. The van der Waals surface area contributed by atoms with Crippen molar-refractivity contribution in [2.75, 3.05) is 0 Å². The topological polar surface area (TPSA) is 54.9 Å². The third-order valence-electron chi connectivity index (χ3n) is 2.87. The Morgan fingerprint density at radius 3 is 2.48 bits per heavy atom. The Morgan fingerprint density at radius 2 is 1.95 bits per heavy atom. The molecule has 0 aliphatic heterocycles. The van der Waals surface area contributed by atoms with Crippen molar-refractivity contribution in [2.45, 2.75) is 59.4 Å². The van der Waals surface area contributed by atoms with Gasteiger partial charge in [0.1, 0.15) is 0 Å². The minimum atomic E-state index is -0.276. The van der Waals surface area contributed by atoms with Crippen molar-refractivity contribution in [2.24, 2.45) is 0 Å². The molecule has 1 aromatic rings. The van der Waals surface area contributed by atoms with Gasteiger partial charge in [0.25, 0.3) is 5.91 Å². The van der Waals surface area contributed by atoms with E-state index in [4.69, 9.17) is 0 Å². The summed E-state index contributed by atoms with van der Waals surface area (Å²) in [5, 5.41) is 10.8. The lowest BCUT2D eigenvalue weighted by Crippen LogP contribution is -2.41. The highest BCUT2D eigenvalue weighted by Gasteiger charge is 2.19. The number of amides is 1. The fraction of sp³-hybridized carbons (Fsp3) is 0.562. The molecule has 0 aromatic carbocycles. The van der Waals surface area contributed by atoms with Crippen molar-refractivity contribution in [3.63, 3.8) is 0 Å². The number of hydrogen-bond acceptors (Lipinski definition) is 3. The van der Waals surface area contributed by atoms with Gasteiger partial charge in [0.15, 0.2) is 5.69 Å². The van der Waals surface area contributed by atoms with Crippen LogP contribution in [0.1, 0.15) is 69.9 Å². The first-order valence-corrected chi connectivity index (χ1v) is 8.19. The van der Waals surface area contributed by atoms with Crippen LogP contribution in [0.25, 0.3) is 5.57 Å². The second kappa shape index (κ2) is 7.69. The predicted molar refractivity (Wildman–Crippen MR) is 90.3 cm³/mol. The van der Waals surface area contributed by atoms with Gasteiger partial charge in [-0.15, -0.1) is 5.10 Å². The number of nitrogens with zero attached hydrogens (tertiary/aromatic N) is 2. The van der Waals surface area contributed by atoms with E-state index < -0.39 is 0 Å². The molecule has 116 valence electrons. The third kappa shape index (κ3) is 5.23. The second-order valence-corrected chi connectivity index (χ2v) is 6.73. The summed E-state index contributed by atoms with van der Waals surface area (Å²) in [5.74, 6) is -0.184. The molecule has 0 saturated heterocycles. The van der Waals surface area contributed by atoms with Crippen molar-refractivity contribution in [3.05, 3.63) is 28.0 Å². The van der Waals surface area contributed by atoms with E-state index in [-0.39, 0.29) is 11.4 Å². The minimum Gasteiger partial charge on any atom is -0.346 e. The molecular formula is C16H24BrN3O. The first kappa shape index (κ1) is 17.8. The summed E-state index contributed by atoms with van der Waals surface area (Å²) in [6.45, 7) is 9.83. The van der Waals surface area contributed by atoms with Crippen LogP contribution in [0.2, 0.25) is 0 Å². The molecule has 0 spiro atoms. The Bertz CT molecular complexity index is 533. The van der Waals surface area contributed by atoms with Gasteiger partial charge in [-0.05, 0) is 56.2 Å². The number of halogens is 1. The maximum atomic E-state index is 12.1. The minimum absolute atomic E-state index is 0.184. The summed E-state index contributed by atoms with van der Waals surface area (Å²) < 4.78 is 1.21. The number of carbonyl (C=O) groups excluding carboxylic acids is 1. The molecule has 2 rings (SSSR count). The monoisotopic (exact) mass is 353 g/mol. The normalized spacial score (nSPS) is 14.6. The highest BCUT2D eigenvalue weighted by atomic mass is 79.9. The average molecular weight is 354 g/mol. The largest absolute Gasteiger partial charge is 0.346 e. The van der Waals surface area contributed by atoms with E-state index in [0.717, 1.165) is 24.8 Å². The third-order valence-corrected chi connectivity index (χ3v) is 3.75. The molecular weight excluding hydrogens is 330 g/mol. The zero-order chi connectivity index (χ0) is 16.0. The quantitative estimate of drug-likeness (QED) is 0.861. The molecule has 1 N–H and O–H groups in total. The Balaban J connectivity index is 0.00000106. The smallest absolute Gasteiger partial charge is 0.272 e. The van der Waals surface area contributed by atoms with E-state index in [1.807, 2.05) is 40.7 Å². The Labute approximate surface area is 135 Å². The molecule has 0 saturated carbocycles. The number of rotatable bonds is 2. The average Bonchev–Trinajstić information content (AvgIpc) is 2.85. The Kier molecular flexibility index (Phi) is 6.52. The van der Waals surface area contributed by atoms with Crippen LogP contribution >= 0.6 is 15.9 Å². The summed E-state index contributed by atoms with van der Waals surface area (Å²) in [5.41, 5.74) is 2.31. The lowest BCUT2D eigenvalue weighted by Gasteiger charge is -2.20. The molecule has 1 amide bonds. The van der Waals surface area contributed by atoms with Crippen LogP contribution in [0.3, 0.4) is 0 Å². The molecule has 4 nitrogen and oxygen atoms in total. The standard InChI is InChI=1S/C14H18BrN3O.C2H6/c1-14(2,3)17-13(19)12-7-9(8-16-18-12)10-5-4-6-11(10)15;1-2/h7-8H,4-6H2,1-3H3,(H,17,19);1-2H3. The fourth-order valence-electron chi connectivity index (χ4n) is 2.06. The molecule has 0 fully saturated rings. The summed E-state index contributed by atoms with van der Waals surface area (Å²) in [6.07, 6.45) is 4.94. The van der Waals surface area contributed by atoms with Gasteiger partial charge in [0.2, 0.25) is 0 Å². The van der Waals surface area contributed by atoms with Crippen LogP contribution < -0.4 is 5.32 Å². The molecule has 1 aromatic heterocycles. The van der Waals surface area contributed by atoms with Gasteiger partial charge in [0, 0.05) is 11.1 Å². The Hall–Kier alpha value is -1.23. The van der Waals surface area contributed by atoms with Gasteiger partial charge in [-0.3, -0.25) is 4.79 Å². The molecule has 5 heteroatoms. The van der Waals surface area contributed by atoms with E-state index in [1.54, 1.807) is 6.20 Å². The summed E-state index contributed by atoms with van der Waals surface area (Å²) in [4.78, 5) is 12.1. The summed E-state index contributed by atoms with van der Waals surface area (Å²) in [7, 11) is 0. The van der Waals surface area contributed by atoms with Crippen molar-refractivity contribution in [1.29, 1.82) is 0 Å². The van der Waals surface area contributed by atoms with Crippen molar-refractivity contribution >= 4 is 27.4 Å². The van der Waals surface area contributed by atoms with Gasteiger partial charge in [-0.1, -0.05) is 29.8 Å². The second-order valence-electron chi connectivity index (χ2n) is 5.77. The van der Waals surface area contributed by atoms with E-state index in [2.05, 4.69) is 31.4 Å². The predicted octanol–water partition coefficient (Wildman–Crippen LogP) is 4.32. The zero-order valence-electron chi connectivity index (χ0n) is 13.5. The summed E-state index contributed by atoms with van der Waals surface area (Å²) >= 11 is 3.58. The van der Waals surface area contributed by atoms with Gasteiger partial charge in [-0.2, -0.15) is 5.10 Å². The lowest BCUT2D eigenvalue weighted by molar-refractivity contribution is 0.0913. The molecule has 21 heavy (non-hydrogen) atoms. The van der Waals surface area contributed by atoms with Gasteiger partial charge >= 0.3 is 0 Å². The molecule has 1 heterocycles. The van der Waals surface area contributed by atoms with Gasteiger partial charge in [-0.25, -0.2) is 0 Å². The highest BCUT2D eigenvalue weighted by molar-refractivity contribution is 9.11. The highest BCUT2D eigenvalue weighted by Crippen LogP contribution is 2.36. The van der Waals surface area contributed by atoms with Crippen molar-refractivity contribution in [3.8, 4) is 0 Å². The van der Waals surface area contributed by atoms with Crippen molar-refractivity contribution < 1.29 is 4.79 Å². The van der Waals surface area contributed by atoms with E-state index >= 15 is 0 Å². The van der Waals surface area contributed by atoms with Crippen LogP contribution in [0.4, 0.5) is 0 Å². The molecule has 0 radical (unpaired) electrons. The molecule has 1 aliphatic rings. The van der Waals surface area contributed by atoms with Crippen molar-refractivity contribution in [1.82, 2.24) is 15.5 Å². The number of carbonyl (C=O) groups is 1. The van der Waals surface area contributed by atoms with Crippen LogP contribution in [-0.4, -0.2) is 21.6 Å². The van der Waals surface area contributed by atoms with Crippen LogP contribution in [0.15, 0.2) is 16.7 Å². The fourth-order valence-corrected chi connectivity index (χ4v) is 2.76. The molecule has 0 atom stereocenters. The number of nitrogens with one attached hydrogen (secondary N) is 1. The molecule has 1 aliphatic carbocycles. The van der Waals surface area contributed by atoms with Gasteiger partial charge < -0.3 is 5.32 Å². The maximum Gasteiger partial charge on any atom is 0.272 e. The SMILES string of the molecule is CC.CC(C)(C)NC(=O)c1cc(C2=C(Br)CCC2)cnn1. The molecule has 0 unspecified atom stereocenters. The van der Waals surface area contributed by atoms with E-state index in [9.17, 15) is 4.79 Å². The van der Waals surface area contributed by atoms with E-state index in [1.165, 1.54) is 10.1 Å². The van der Waals surface area contributed by atoms with Crippen LogP contribution in [0, 0.1) is 0 Å². The number of hydrogen-bond donors (Lipinski definition) is 1. The van der Waals surface area contributed by atoms with E-state index in [0.29, 0.717) is 5.69 Å². The lowest BCUT2D eigenvalue weighted by atomic mass is 10.1. The van der Waals surface area contributed by atoms with Crippen LogP contribution in [0.5, 0.6) is 0 Å². The number of aromatic nitrogens is 2. The first-order valence-electron chi connectivity index (χ1n) is 7.40. The summed E-state index contributed by atoms with van der Waals surface area (Å²) in [6, 6.07) is 1.82. The number of allylic oxidation sites excluding steroid dienone is 2. The zero-order valence-corrected chi connectivity index (χ0v) is 15.0. The first-order chi connectivity index (χ1) is 9.87. The molecule has 0 bridgehead atoms. The Morgan fingerprint density at radius 1 is 1.29 bits per heavy atom.